The number of anilines is 1. The Morgan fingerprint density at radius 1 is 1.14 bits per heavy atom. The number of aliphatic hydroxyl groups excluding tert-OH is 1. The van der Waals surface area contributed by atoms with Gasteiger partial charge in [-0.15, -0.1) is 0 Å². The van der Waals surface area contributed by atoms with Crippen LogP contribution >= 0.6 is 23.2 Å². The molecular weight excluding hydrogens is 758 g/mol. The summed E-state index contributed by atoms with van der Waals surface area (Å²) in [5.74, 6) is -0.716. The number of benzene rings is 2. The molecule has 7 rings (SSSR count). The number of nitrogens with one attached hydrogen (secondary N) is 2. The minimum Gasteiger partial charge on any atom is -0.496 e. The molecule has 3 heterocycles. The number of carboxylic acid groups (broad SMARTS) is 1. The van der Waals surface area contributed by atoms with E-state index in [-0.39, 0.29) is 39.5 Å². The first-order valence-electron chi connectivity index (χ1n) is 19.0. The summed E-state index contributed by atoms with van der Waals surface area (Å²) in [7, 11) is 3.35. The number of aliphatic hydroxyl groups is 1. The number of aliphatic carboxylic acids is 1. The highest BCUT2D eigenvalue weighted by atomic mass is 35.5. The molecule has 1 aliphatic heterocycles. The molecule has 2 aliphatic carbocycles. The molecule has 3 atom stereocenters. The lowest BCUT2D eigenvalue weighted by Crippen LogP contribution is -2.34. The second kappa shape index (κ2) is 16.3. The average molecular weight is 806 g/mol. The van der Waals surface area contributed by atoms with Crippen molar-refractivity contribution in [1.82, 2.24) is 24.8 Å². The van der Waals surface area contributed by atoms with Gasteiger partial charge in [0.05, 0.1) is 40.6 Å². The van der Waals surface area contributed by atoms with Gasteiger partial charge in [-0.3, -0.25) is 19.5 Å². The Bertz CT molecular complexity index is 2190. The second-order valence-electron chi connectivity index (χ2n) is 15.5. The van der Waals surface area contributed by atoms with E-state index in [1.54, 1.807) is 36.4 Å². The predicted molar refractivity (Wildman–Crippen MR) is 215 cm³/mol. The summed E-state index contributed by atoms with van der Waals surface area (Å²) in [4.78, 5) is 37.3. The highest BCUT2D eigenvalue weighted by Crippen LogP contribution is 2.65. The van der Waals surface area contributed by atoms with Crippen molar-refractivity contribution >= 4 is 52.7 Å². The molecule has 1 amide bonds. The lowest BCUT2D eigenvalue weighted by atomic mass is 9.74. The largest absolute Gasteiger partial charge is 0.496 e. The summed E-state index contributed by atoms with van der Waals surface area (Å²) in [6, 6.07) is 12.0. The zero-order chi connectivity index (χ0) is 39.8. The molecule has 0 spiro atoms. The molecule has 2 aromatic heterocycles. The van der Waals surface area contributed by atoms with Crippen molar-refractivity contribution in [2.75, 3.05) is 38.7 Å². The number of carbonyl (C=O) groups excluding carboxylic acids is 1. The van der Waals surface area contributed by atoms with Gasteiger partial charge in [0.2, 0.25) is 0 Å². The van der Waals surface area contributed by atoms with Crippen LogP contribution in [0, 0.1) is 16.7 Å². The van der Waals surface area contributed by atoms with Gasteiger partial charge in [-0.25, -0.2) is 9.37 Å². The van der Waals surface area contributed by atoms with Crippen LogP contribution in [0.1, 0.15) is 77.9 Å². The highest BCUT2D eigenvalue weighted by molar-refractivity contribution is 6.39. The number of hydrogen-bond acceptors (Lipinski definition) is 8. The Kier molecular flexibility index (Phi) is 11.6. The topological polar surface area (TPSA) is 142 Å². The van der Waals surface area contributed by atoms with E-state index in [2.05, 4.69) is 27.4 Å². The Hall–Kier alpha value is -4.33. The number of aromatic nitrogens is 3. The first kappa shape index (κ1) is 39.9. The Labute approximate surface area is 335 Å². The van der Waals surface area contributed by atoms with E-state index in [9.17, 15) is 14.7 Å². The fraction of sp³-hybridized carbons (Fsp3) is 0.429. The zero-order valence-corrected chi connectivity index (χ0v) is 33.3. The normalized spacial score (nSPS) is 22.0. The van der Waals surface area contributed by atoms with Crippen LogP contribution < -0.4 is 15.4 Å². The van der Waals surface area contributed by atoms with Gasteiger partial charge in [-0.05, 0) is 67.7 Å². The van der Waals surface area contributed by atoms with Gasteiger partial charge in [0, 0.05) is 74.3 Å². The average Bonchev–Trinajstić information content (AvgIpc) is 3.84. The number of carbonyl (C=O) groups is 2. The number of pyridine rings is 1. The molecule has 0 radical (unpaired) electrons. The Balaban J connectivity index is 1.04. The molecule has 11 nitrogen and oxygen atoms in total. The Morgan fingerprint density at radius 3 is 2.62 bits per heavy atom. The van der Waals surface area contributed by atoms with Gasteiger partial charge in [0.15, 0.2) is 5.82 Å². The monoisotopic (exact) mass is 804 g/mol. The third-order valence-corrected chi connectivity index (χ3v) is 13.1. The third-order valence-electron chi connectivity index (χ3n) is 12.3. The maximum absolute atomic E-state index is 15.6. The van der Waals surface area contributed by atoms with Crippen molar-refractivity contribution in [3.8, 4) is 16.9 Å². The molecule has 2 aromatic carbocycles. The van der Waals surface area contributed by atoms with Crippen molar-refractivity contribution in [2.45, 2.75) is 58.5 Å². The van der Waals surface area contributed by atoms with Crippen molar-refractivity contribution in [3.63, 3.8) is 0 Å². The minimum absolute atomic E-state index is 0.0102. The van der Waals surface area contributed by atoms with Crippen LogP contribution in [-0.2, 0) is 31.4 Å². The quantitative estimate of drug-likeness (QED) is 0.0948. The Morgan fingerprint density at radius 2 is 1.91 bits per heavy atom. The van der Waals surface area contributed by atoms with Gasteiger partial charge in [-0.1, -0.05) is 60.5 Å². The summed E-state index contributed by atoms with van der Waals surface area (Å²) >= 11 is 13.8. The van der Waals surface area contributed by atoms with Crippen molar-refractivity contribution in [3.05, 3.63) is 92.7 Å². The maximum atomic E-state index is 15.6. The van der Waals surface area contributed by atoms with E-state index in [0.717, 1.165) is 68.6 Å². The van der Waals surface area contributed by atoms with Gasteiger partial charge in [0.25, 0.3) is 5.91 Å². The number of methoxy groups -OCH3 is 1. The number of carboxylic acids is 1. The minimum atomic E-state index is -0.638. The van der Waals surface area contributed by atoms with Crippen molar-refractivity contribution in [1.29, 1.82) is 0 Å². The maximum Gasteiger partial charge on any atom is 0.309 e. The molecule has 56 heavy (non-hydrogen) atoms. The molecule has 3 unspecified atom stereocenters. The molecule has 0 saturated heterocycles. The molecule has 4 aromatic rings. The van der Waals surface area contributed by atoms with E-state index >= 15 is 4.39 Å². The standard InChI is InChI=1S/C42H47Cl2FN6O5/c1-25-20-41(11-12-42(25,24-41)40(54)55)13-16-51-15-10-34-33(23-51)48-38(50(34)2)39(53)49-31-9-5-8-29(37(31)44)28-7-4-6-26(36(28)43)18-30(45)32-19-35(56-3)27(22-47-32)21-46-14-17-52/h4-9,18-19,22,25,46,52H,10-17,20-21,23-24H2,1-3H3,(H,49,53)(H,54,55)/b30-18-. The first-order valence-corrected chi connectivity index (χ1v) is 19.8. The fourth-order valence-electron chi connectivity index (χ4n) is 9.17. The van der Waals surface area contributed by atoms with Crippen molar-refractivity contribution in [2.24, 2.45) is 23.8 Å². The van der Waals surface area contributed by atoms with Gasteiger partial charge < -0.3 is 30.2 Å². The molecule has 4 N–H and O–H groups in total. The fourth-order valence-corrected chi connectivity index (χ4v) is 9.73. The molecule has 2 bridgehead atoms. The predicted octanol–water partition coefficient (Wildman–Crippen LogP) is 7.63. The van der Waals surface area contributed by atoms with E-state index in [4.69, 9.17) is 38.0 Å². The van der Waals surface area contributed by atoms with Gasteiger partial charge in [0.1, 0.15) is 17.3 Å². The van der Waals surface area contributed by atoms with E-state index in [1.165, 1.54) is 25.4 Å². The highest BCUT2D eigenvalue weighted by Gasteiger charge is 2.61. The molecular formula is C42H47Cl2FN6O5. The zero-order valence-electron chi connectivity index (χ0n) is 31.8. The number of rotatable bonds is 14. The van der Waals surface area contributed by atoms with Crippen LogP contribution in [0.2, 0.25) is 10.0 Å². The summed E-state index contributed by atoms with van der Waals surface area (Å²) < 4.78 is 22.9. The number of fused-ring (bicyclic) bond motifs is 3. The SMILES string of the molecule is COc1cc(/C(F)=C/c2cccc(-c3cccc(NC(=O)c4nc5c(n4C)CCN(CCC46CCC(C(=O)O)(C4)C(C)C6)C5)c3Cl)c2Cl)ncc1CNCCO. The lowest BCUT2D eigenvalue weighted by molar-refractivity contribution is -0.150. The number of ether oxygens (including phenoxy) is 1. The van der Waals surface area contributed by atoms with Crippen LogP contribution in [0.4, 0.5) is 10.1 Å². The van der Waals surface area contributed by atoms with E-state index in [1.807, 2.05) is 11.6 Å². The number of imidazole rings is 1. The molecule has 296 valence electrons. The van der Waals surface area contributed by atoms with Gasteiger partial charge in [-0.2, -0.15) is 0 Å². The van der Waals surface area contributed by atoms with Crippen LogP contribution in [0.15, 0.2) is 48.7 Å². The number of hydrogen-bond donors (Lipinski definition) is 4. The molecule has 2 saturated carbocycles. The van der Waals surface area contributed by atoms with Gasteiger partial charge >= 0.3 is 5.97 Å². The van der Waals surface area contributed by atoms with Crippen LogP contribution in [0.25, 0.3) is 23.0 Å². The van der Waals surface area contributed by atoms with E-state index in [0.29, 0.717) is 47.8 Å². The second-order valence-corrected chi connectivity index (χ2v) is 16.3. The van der Waals surface area contributed by atoms with Crippen molar-refractivity contribution < 1.29 is 28.9 Å². The van der Waals surface area contributed by atoms with Crippen LogP contribution in [0.3, 0.4) is 0 Å². The number of halogens is 3. The molecule has 3 aliphatic rings. The lowest BCUT2D eigenvalue weighted by Gasteiger charge is -2.34. The third kappa shape index (κ3) is 7.57. The summed E-state index contributed by atoms with van der Waals surface area (Å²) in [6.07, 6.45) is 8.05. The van der Waals surface area contributed by atoms with Crippen LogP contribution in [-0.4, -0.2) is 74.9 Å². The number of nitrogens with zero attached hydrogens (tertiary/aromatic N) is 4. The summed E-state index contributed by atoms with van der Waals surface area (Å²) in [6.45, 7) is 5.24. The van der Waals surface area contributed by atoms with Crippen LogP contribution in [0.5, 0.6) is 5.75 Å². The molecule has 2 fully saturated rings. The van der Waals surface area contributed by atoms with E-state index < -0.39 is 23.1 Å². The first-order chi connectivity index (χ1) is 26.9. The summed E-state index contributed by atoms with van der Waals surface area (Å²) in [5, 5.41) is 25.6. The smallest absolute Gasteiger partial charge is 0.309 e. The molecule has 14 heteroatoms. The number of amides is 1. The summed E-state index contributed by atoms with van der Waals surface area (Å²) in [5.41, 5.74) is 4.11.